The van der Waals surface area contributed by atoms with Crippen molar-refractivity contribution in [3.05, 3.63) is 94.7 Å². The number of furan rings is 1. The number of fused-ring (bicyclic) bond motifs is 1. The van der Waals surface area contributed by atoms with E-state index in [0.717, 1.165) is 21.5 Å². The fourth-order valence-electron chi connectivity index (χ4n) is 3.11. The first-order chi connectivity index (χ1) is 14.3. The van der Waals surface area contributed by atoms with Gasteiger partial charge in [-0.05, 0) is 24.3 Å². The molecule has 5 aromatic rings. The Labute approximate surface area is 169 Å². The Bertz CT molecular complexity index is 1310. The van der Waals surface area contributed by atoms with E-state index in [9.17, 15) is 4.79 Å². The zero-order valence-corrected chi connectivity index (χ0v) is 16.1. The highest BCUT2D eigenvalue weighted by atomic mass is 32.1. The molecule has 0 saturated heterocycles. The second-order valence-corrected chi connectivity index (χ2v) is 7.43. The van der Waals surface area contributed by atoms with Gasteiger partial charge in [-0.1, -0.05) is 53.8 Å². The molecule has 0 fully saturated rings. The third kappa shape index (κ3) is 3.32. The Morgan fingerprint density at radius 3 is 2.69 bits per heavy atom. The molecule has 1 N–H and O–H groups in total. The van der Waals surface area contributed by atoms with Crippen LogP contribution in [0.1, 0.15) is 11.3 Å². The third-order valence-electron chi connectivity index (χ3n) is 4.51. The van der Waals surface area contributed by atoms with E-state index in [1.165, 1.54) is 16.0 Å². The molecular weight excluding hydrogens is 384 g/mol. The number of hydrogen-bond donors (Lipinski definition) is 1. The van der Waals surface area contributed by atoms with Crippen LogP contribution in [0.25, 0.3) is 26.6 Å². The number of benzene rings is 2. The van der Waals surface area contributed by atoms with Crippen molar-refractivity contribution in [1.82, 2.24) is 14.8 Å². The number of thiazole rings is 1. The monoisotopic (exact) mass is 400 g/mol. The van der Waals surface area contributed by atoms with Gasteiger partial charge in [-0.15, -0.1) is 0 Å². The predicted octanol–water partition coefficient (Wildman–Crippen LogP) is 4.65. The number of H-pyrrole nitrogens is 1. The summed E-state index contributed by atoms with van der Waals surface area (Å²) in [6.45, 7) is 0.368. The van der Waals surface area contributed by atoms with Crippen LogP contribution in [0.4, 0.5) is 0 Å². The average molecular weight is 400 g/mol. The van der Waals surface area contributed by atoms with Gasteiger partial charge in [-0.25, -0.2) is 4.98 Å². The van der Waals surface area contributed by atoms with Crippen molar-refractivity contribution >= 4 is 27.8 Å². The zero-order valence-electron chi connectivity index (χ0n) is 15.3. The lowest BCUT2D eigenvalue weighted by Gasteiger charge is -1.99. The van der Waals surface area contributed by atoms with Gasteiger partial charge in [-0.2, -0.15) is 4.68 Å². The number of hydrogen-bond acceptors (Lipinski definition) is 5. The quantitative estimate of drug-likeness (QED) is 0.436. The second-order valence-electron chi connectivity index (χ2n) is 6.42. The van der Waals surface area contributed by atoms with Crippen LogP contribution in [-0.2, 0) is 6.54 Å². The van der Waals surface area contributed by atoms with Crippen LogP contribution in [0.5, 0.6) is 0 Å². The first-order valence-corrected chi connectivity index (χ1v) is 9.90. The molecule has 0 aliphatic rings. The molecule has 3 aromatic heterocycles. The maximum absolute atomic E-state index is 13.2. The van der Waals surface area contributed by atoms with E-state index < -0.39 is 0 Å². The summed E-state index contributed by atoms with van der Waals surface area (Å²) in [5.74, 6) is 0.740. The van der Waals surface area contributed by atoms with Gasteiger partial charge in [0.15, 0.2) is 0 Å². The van der Waals surface area contributed by atoms with E-state index in [0.29, 0.717) is 22.9 Å². The van der Waals surface area contributed by atoms with E-state index in [-0.39, 0.29) is 5.56 Å². The molecule has 3 heterocycles. The van der Waals surface area contributed by atoms with E-state index in [1.807, 2.05) is 66.7 Å². The van der Waals surface area contributed by atoms with Gasteiger partial charge in [0.05, 0.1) is 34.3 Å². The molecule has 0 amide bonds. The molecule has 0 radical (unpaired) electrons. The molecule has 142 valence electrons. The number of nitrogens with zero attached hydrogens (tertiary/aromatic N) is 3. The molecule has 0 atom stereocenters. The topological polar surface area (TPSA) is 76.2 Å². The lowest BCUT2D eigenvalue weighted by molar-refractivity contribution is 0.513. The molecule has 2 aromatic carbocycles. The normalized spacial score (nSPS) is 11.6. The number of aromatic amines is 1. The molecule has 6 nitrogen and oxygen atoms in total. The fraction of sp³-hybridized carbons (Fsp3) is 0.0455. The summed E-state index contributed by atoms with van der Waals surface area (Å²) in [7, 11) is 0. The SMILES string of the molecule is O=c1c(C=NCc2ccco2)c(-c2ccccc2)[nH]n1-c1nc2ccccc2s1. The van der Waals surface area contributed by atoms with Crippen LogP contribution in [0.15, 0.2) is 87.2 Å². The van der Waals surface area contributed by atoms with Crippen molar-refractivity contribution in [1.29, 1.82) is 0 Å². The molecule has 0 bridgehead atoms. The summed E-state index contributed by atoms with van der Waals surface area (Å²) in [5.41, 5.74) is 2.78. The summed E-state index contributed by atoms with van der Waals surface area (Å²) in [4.78, 5) is 22.2. The standard InChI is InChI=1S/C22H16N4O2S/c27-21-17(14-23-13-16-9-6-12-28-16)20(15-7-2-1-3-8-15)25-26(21)22-24-18-10-4-5-11-19(18)29-22/h1-12,14,25H,13H2. The number of para-hydroxylation sites is 1. The predicted molar refractivity (Wildman–Crippen MR) is 115 cm³/mol. The fourth-order valence-corrected chi connectivity index (χ4v) is 4.04. The van der Waals surface area contributed by atoms with E-state index in [2.05, 4.69) is 15.1 Å². The Morgan fingerprint density at radius 2 is 1.90 bits per heavy atom. The van der Waals surface area contributed by atoms with Crippen molar-refractivity contribution in [2.24, 2.45) is 4.99 Å². The zero-order chi connectivity index (χ0) is 19.6. The van der Waals surface area contributed by atoms with Gasteiger partial charge >= 0.3 is 0 Å². The van der Waals surface area contributed by atoms with Crippen LogP contribution >= 0.6 is 11.3 Å². The van der Waals surface area contributed by atoms with E-state index in [1.54, 1.807) is 12.5 Å². The maximum Gasteiger partial charge on any atom is 0.282 e. The minimum Gasteiger partial charge on any atom is -0.467 e. The van der Waals surface area contributed by atoms with Crippen LogP contribution in [0.3, 0.4) is 0 Å². The lowest BCUT2D eigenvalue weighted by atomic mass is 10.1. The molecule has 29 heavy (non-hydrogen) atoms. The number of aromatic nitrogens is 3. The average Bonchev–Trinajstić information content (AvgIpc) is 3.48. The van der Waals surface area contributed by atoms with Crippen LogP contribution in [0, 0.1) is 0 Å². The van der Waals surface area contributed by atoms with Crippen molar-refractivity contribution in [3.8, 4) is 16.4 Å². The Morgan fingerprint density at radius 1 is 1.07 bits per heavy atom. The molecule has 5 rings (SSSR count). The summed E-state index contributed by atoms with van der Waals surface area (Å²) in [5, 5.41) is 3.82. The molecule has 0 aliphatic carbocycles. The molecule has 0 aliphatic heterocycles. The van der Waals surface area contributed by atoms with Crippen molar-refractivity contribution in [3.63, 3.8) is 0 Å². The summed E-state index contributed by atoms with van der Waals surface area (Å²) in [6, 6.07) is 21.2. The first kappa shape index (κ1) is 17.4. The van der Waals surface area contributed by atoms with Gasteiger partial charge in [0.2, 0.25) is 5.13 Å². The number of nitrogens with one attached hydrogen (secondary N) is 1. The van der Waals surface area contributed by atoms with Crippen molar-refractivity contribution in [2.45, 2.75) is 6.54 Å². The molecule has 0 unspecified atom stereocenters. The number of aliphatic imine (C=N–C) groups is 1. The first-order valence-electron chi connectivity index (χ1n) is 9.08. The summed E-state index contributed by atoms with van der Waals surface area (Å²) >= 11 is 1.46. The van der Waals surface area contributed by atoms with Gasteiger partial charge in [0, 0.05) is 11.8 Å². The van der Waals surface area contributed by atoms with Crippen LogP contribution in [-0.4, -0.2) is 21.0 Å². The highest BCUT2D eigenvalue weighted by Gasteiger charge is 2.17. The van der Waals surface area contributed by atoms with Crippen molar-refractivity contribution in [2.75, 3.05) is 0 Å². The molecule has 0 saturated carbocycles. The highest BCUT2D eigenvalue weighted by Crippen LogP contribution is 2.25. The Kier molecular flexibility index (Phi) is 4.42. The molecule has 0 spiro atoms. The minimum absolute atomic E-state index is 0.189. The van der Waals surface area contributed by atoms with Crippen molar-refractivity contribution < 1.29 is 4.42 Å². The molecular formula is C22H16N4O2S. The van der Waals surface area contributed by atoms with Crippen LogP contribution in [0.2, 0.25) is 0 Å². The van der Waals surface area contributed by atoms with Gasteiger partial charge in [0.1, 0.15) is 5.76 Å². The minimum atomic E-state index is -0.189. The summed E-state index contributed by atoms with van der Waals surface area (Å²) in [6.07, 6.45) is 3.21. The van der Waals surface area contributed by atoms with Gasteiger partial charge in [-0.3, -0.25) is 14.9 Å². The van der Waals surface area contributed by atoms with E-state index in [4.69, 9.17) is 4.42 Å². The third-order valence-corrected chi connectivity index (χ3v) is 5.53. The lowest BCUT2D eigenvalue weighted by Crippen LogP contribution is -2.17. The highest BCUT2D eigenvalue weighted by molar-refractivity contribution is 7.20. The number of rotatable bonds is 5. The maximum atomic E-state index is 13.2. The smallest absolute Gasteiger partial charge is 0.282 e. The Balaban J connectivity index is 1.62. The van der Waals surface area contributed by atoms with Gasteiger partial charge < -0.3 is 4.42 Å². The Hall–Kier alpha value is -3.71. The summed E-state index contributed by atoms with van der Waals surface area (Å²) < 4.78 is 7.83. The molecule has 7 heteroatoms. The van der Waals surface area contributed by atoms with Gasteiger partial charge in [0.25, 0.3) is 5.56 Å². The van der Waals surface area contributed by atoms with E-state index >= 15 is 0 Å². The largest absolute Gasteiger partial charge is 0.467 e. The van der Waals surface area contributed by atoms with Crippen LogP contribution < -0.4 is 5.56 Å². The second kappa shape index (κ2) is 7.37.